The van der Waals surface area contributed by atoms with Crippen molar-refractivity contribution in [2.75, 3.05) is 5.73 Å². The van der Waals surface area contributed by atoms with Crippen molar-refractivity contribution in [2.24, 2.45) is 5.18 Å². The highest BCUT2D eigenvalue weighted by Crippen LogP contribution is 2.36. The maximum atomic E-state index is 13.3. The Kier molecular flexibility index (Phi) is 3.80. The molecule has 122 valence electrons. The van der Waals surface area contributed by atoms with E-state index in [0.29, 0.717) is 5.69 Å². The summed E-state index contributed by atoms with van der Waals surface area (Å²) in [4.78, 5) is 26.1. The molecule has 0 radical (unpaired) electrons. The lowest BCUT2D eigenvalue weighted by molar-refractivity contribution is -0.137. The molecule has 0 aromatic carbocycles. The van der Waals surface area contributed by atoms with Crippen LogP contribution >= 0.6 is 0 Å². The molecule has 0 bridgehead atoms. The molecule has 0 aliphatic heterocycles. The van der Waals surface area contributed by atoms with Crippen LogP contribution in [0.4, 0.5) is 18.9 Å². The van der Waals surface area contributed by atoms with Crippen LogP contribution in [0.15, 0.2) is 35.9 Å². The fourth-order valence-corrected chi connectivity index (χ4v) is 2.14. The second-order valence-electron chi connectivity index (χ2n) is 4.85. The van der Waals surface area contributed by atoms with E-state index in [-0.39, 0.29) is 22.4 Å². The molecule has 24 heavy (non-hydrogen) atoms. The molecular weight excluding hydrogens is 325 g/mol. The van der Waals surface area contributed by atoms with Gasteiger partial charge in [-0.25, -0.2) is 15.0 Å². The molecular formula is C14H9F3N6O. The Hall–Kier alpha value is -3.17. The first-order chi connectivity index (χ1) is 11.4. The third kappa shape index (κ3) is 2.85. The summed E-state index contributed by atoms with van der Waals surface area (Å²) in [5.74, 6) is 0. The van der Waals surface area contributed by atoms with Crippen LogP contribution in [0.5, 0.6) is 0 Å². The molecule has 0 saturated heterocycles. The quantitative estimate of drug-likeness (QED) is 0.738. The number of pyridine rings is 2. The van der Waals surface area contributed by atoms with Crippen molar-refractivity contribution in [1.82, 2.24) is 19.9 Å². The standard InChI is InChI=1S/C14H9F3N6O/c15-14(16,17)8-3-7(5-22-24)4-20-11(8)10-6-21-12-9(18)1-2-19-13(12)23-10/h1-4,6H,5H2,(H2,18,19,23). The molecule has 3 aromatic heterocycles. The normalized spacial score (nSPS) is 11.6. The number of nitrogen functional groups attached to an aromatic ring is 1. The number of halogens is 3. The number of hydrogen-bond acceptors (Lipinski definition) is 7. The van der Waals surface area contributed by atoms with Crippen molar-refractivity contribution < 1.29 is 13.2 Å². The average Bonchev–Trinajstić information content (AvgIpc) is 2.54. The van der Waals surface area contributed by atoms with Crippen LogP contribution in [-0.2, 0) is 12.7 Å². The van der Waals surface area contributed by atoms with Gasteiger partial charge in [0.25, 0.3) is 0 Å². The minimum atomic E-state index is -4.68. The molecule has 0 saturated carbocycles. The lowest BCUT2D eigenvalue weighted by Crippen LogP contribution is -2.10. The molecule has 0 aliphatic carbocycles. The third-order valence-corrected chi connectivity index (χ3v) is 3.22. The van der Waals surface area contributed by atoms with Gasteiger partial charge in [0.2, 0.25) is 0 Å². The Bertz CT molecular complexity index is 928. The van der Waals surface area contributed by atoms with Gasteiger partial charge < -0.3 is 5.73 Å². The first-order valence-electron chi connectivity index (χ1n) is 6.63. The van der Waals surface area contributed by atoms with E-state index < -0.39 is 24.0 Å². The van der Waals surface area contributed by atoms with E-state index in [1.807, 2.05) is 0 Å². The topological polar surface area (TPSA) is 107 Å². The molecule has 3 heterocycles. The Morgan fingerprint density at radius 1 is 1.17 bits per heavy atom. The molecule has 3 rings (SSSR count). The van der Waals surface area contributed by atoms with Crippen molar-refractivity contribution in [1.29, 1.82) is 0 Å². The predicted molar refractivity (Wildman–Crippen MR) is 79.5 cm³/mol. The smallest absolute Gasteiger partial charge is 0.397 e. The van der Waals surface area contributed by atoms with Crippen molar-refractivity contribution in [2.45, 2.75) is 12.7 Å². The molecule has 7 nitrogen and oxygen atoms in total. The second kappa shape index (κ2) is 5.80. The maximum Gasteiger partial charge on any atom is 0.418 e. The SMILES string of the molecule is Nc1ccnc2nc(-c3ncc(CN=O)cc3C(F)(F)F)cnc12. The van der Waals surface area contributed by atoms with Crippen molar-refractivity contribution in [3.8, 4) is 11.4 Å². The van der Waals surface area contributed by atoms with Crippen molar-refractivity contribution in [3.63, 3.8) is 0 Å². The van der Waals surface area contributed by atoms with Crippen LogP contribution in [0.2, 0.25) is 0 Å². The molecule has 0 atom stereocenters. The van der Waals surface area contributed by atoms with Gasteiger partial charge in [0.1, 0.15) is 23.4 Å². The summed E-state index contributed by atoms with van der Waals surface area (Å²) in [5.41, 5.74) is 4.96. The summed E-state index contributed by atoms with van der Waals surface area (Å²) in [6, 6.07) is 2.33. The van der Waals surface area contributed by atoms with Gasteiger partial charge in [-0.3, -0.25) is 4.98 Å². The molecule has 2 N–H and O–H groups in total. The fourth-order valence-electron chi connectivity index (χ4n) is 2.14. The van der Waals surface area contributed by atoms with E-state index in [1.165, 1.54) is 12.3 Å². The van der Waals surface area contributed by atoms with Crippen LogP contribution in [0, 0.1) is 4.91 Å². The summed E-state index contributed by atoms with van der Waals surface area (Å²) in [7, 11) is 0. The number of anilines is 1. The van der Waals surface area contributed by atoms with E-state index in [4.69, 9.17) is 5.73 Å². The van der Waals surface area contributed by atoms with Crippen LogP contribution in [0.1, 0.15) is 11.1 Å². The van der Waals surface area contributed by atoms with Gasteiger partial charge in [-0.2, -0.15) is 18.1 Å². The predicted octanol–water partition coefficient (Wildman–Crippen LogP) is 2.95. The van der Waals surface area contributed by atoms with Crippen LogP contribution < -0.4 is 5.73 Å². The maximum absolute atomic E-state index is 13.3. The van der Waals surface area contributed by atoms with Gasteiger partial charge in [0.15, 0.2) is 5.65 Å². The summed E-state index contributed by atoms with van der Waals surface area (Å²) < 4.78 is 39.9. The van der Waals surface area contributed by atoms with E-state index >= 15 is 0 Å². The molecule has 0 amide bonds. The van der Waals surface area contributed by atoms with Crippen LogP contribution in [0.25, 0.3) is 22.6 Å². The Morgan fingerprint density at radius 2 is 1.96 bits per heavy atom. The number of nitroso groups, excluding NO2 is 1. The van der Waals surface area contributed by atoms with Gasteiger partial charge >= 0.3 is 6.18 Å². The zero-order valence-electron chi connectivity index (χ0n) is 11.9. The average molecular weight is 334 g/mol. The van der Waals surface area contributed by atoms with Gasteiger partial charge in [-0.05, 0) is 17.7 Å². The summed E-state index contributed by atoms with van der Waals surface area (Å²) in [6.45, 7) is -0.405. The van der Waals surface area contributed by atoms with Gasteiger partial charge in [-0.15, -0.1) is 0 Å². The summed E-state index contributed by atoms with van der Waals surface area (Å²) >= 11 is 0. The highest BCUT2D eigenvalue weighted by atomic mass is 19.4. The number of rotatable bonds is 3. The van der Waals surface area contributed by atoms with E-state index in [2.05, 4.69) is 25.1 Å². The largest absolute Gasteiger partial charge is 0.418 e. The van der Waals surface area contributed by atoms with Crippen LogP contribution in [0.3, 0.4) is 0 Å². The Labute approximate surface area is 132 Å². The monoisotopic (exact) mass is 334 g/mol. The third-order valence-electron chi connectivity index (χ3n) is 3.22. The molecule has 10 heteroatoms. The van der Waals surface area contributed by atoms with Gasteiger partial charge in [-0.1, -0.05) is 5.18 Å². The van der Waals surface area contributed by atoms with Gasteiger partial charge in [0.05, 0.1) is 17.4 Å². The molecule has 0 aliphatic rings. The summed E-state index contributed by atoms with van der Waals surface area (Å²) in [5, 5.41) is 2.57. The molecule has 0 fully saturated rings. The van der Waals surface area contributed by atoms with E-state index in [0.717, 1.165) is 18.5 Å². The lowest BCUT2D eigenvalue weighted by Gasteiger charge is -2.12. The molecule has 0 unspecified atom stereocenters. The van der Waals surface area contributed by atoms with E-state index in [9.17, 15) is 18.1 Å². The highest BCUT2D eigenvalue weighted by molar-refractivity contribution is 5.84. The number of aromatic nitrogens is 4. The van der Waals surface area contributed by atoms with Crippen molar-refractivity contribution in [3.05, 3.63) is 46.8 Å². The molecule has 0 spiro atoms. The Balaban J connectivity index is 2.19. The second-order valence-corrected chi connectivity index (χ2v) is 4.85. The zero-order chi connectivity index (χ0) is 17.3. The van der Waals surface area contributed by atoms with Crippen molar-refractivity contribution >= 4 is 16.9 Å². The van der Waals surface area contributed by atoms with Crippen LogP contribution in [-0.4, -0.2) is 19.9 Å². The first kappa shape index (κ1) is 15.7. The minimum absolute atomic E-state index is 0.0530. The number of nitrogens with zero attached hydrogens (tertiary/aromatic N) is 5. The lowest BCUT2D eigenvalue weighted by atomic mass is 10.1. The minimum Gasteiger partial charge on any atom is -0.397 e. The zero-order valence-corrected chi connectivity index (χ0v) is 11.9. The number of fused-ring (bicyclic) bond motifs is 1. The number of nitrogens with two attached hydrogens (primary N) is 1. The number of alkyl halides is 3. The number of hydrogen-bond donors (Lipinski definition) is 1. The highest BCUT2D eigenvalue weighted by Gasteiger charge is 2.35. The first-order valence-corrected chi connectivity index (χ1v) is 6.63. The van der Waals surface area contributed by atoms with Gasteiger partial charge in [0, 0.05) is 12.4 Å². The molecule has 3 aromatic rings. The Morgan fingerprint density at radius 3 is 2.67 bits per heavy atom. The fraction of sp³-hybridized carbons (Fsp3) is 0.143. The summed E-state index contributed by atoms with van der Waals surface area (Å²) in [6.07, 6.45) is -1.01. The van der Waals surface area contributed by atoms with E-state index in [1.54, 1.807) is 0 Å².